The number of aryl methyl sites for hydroxylation is 1. The Morgan fingerprint density at radius 2 is 2.00 bits per heavy atom. The molecule has 0 spiro atoms. The van der Waals surface area contributed by atoms with Crippen LogP contribution in [-0.2, 0) is 0 Å². The highest BCUT2D eigenvalue weighted by molar-refractivity contribution is 9.10. The second-order valence-corrected chi connectivity index (χ2v) is 4.39. The van der Waals surface area contributed by atoms with Crippen molar-refractivity contribution >= 4 is 22.2 Å². The van der Waals surface area contributed by atoms with Gasteiger partial charge < -0.3 is 0 Å². The van der Waals surface area contributed by atoms with E-state index in [4.69, 9.17) is 0 Å². The van der Waals surface area contributed by atoms with Gasteiger partial charge in [0.2, 0.25) is 0 Å². The summed E-state index contributed by atoms with van der Waals surface area (Å²) in [5, 5.41) is 0. The highest BCUT2D eigenvalue weighted by atomic mass is 79.9. The molecule has 0 radical (unpaired) electrons. The first-order chi connectivity index (χ1) is 8.52. The predicted molar refractivity (Wildman–Crippen MR) is 65.2 cm³/mol. The van der Waals surface area contributed by atoms with Crippen molar-refractivity contribution < 1.29 is 13.6 Å². The first-order valence-electron chi connectivity index (χ1n) is 4.97. The van der Waals surface area contributed by atoms with Crippen molar-refractivity contribution in [2.45, 2.75) is 6.92 Å². The fourth-order valence-corrected chi connectivity index (χ4v) is 1.97. The molecule has 0 saturated carbocycles. The molecule has 18 heavy (non-hydrogen) atoms. The van der Waals surface area contributed by atoms with Gasteiger partial charge in [-0.25, -0.2) is 18.7 Å². The van der Waals surface area contributed by atoms with Crippen molar-refractivity contribution in [3.63, 3.8) is 0 Å². The molecule has 0 atom stereocenters. The maximum atomic E-state index is 13.4. The Hall–Kier alpha value is -1.69. The molecule has 0 unspecified atom stereocenters. The number of rotatable bonds is 2. The van der Waals surface area contributed by atoms with E-state index in [0.717, 1.165) is 6.07 Å². The molecule has 1 heterocycles. The normalized spacial score (nSPS) is 10.4. The molecular weight excluding hydrogens is 306 g/mol. The lowest BCUT2D eigenvalue weighted by Gasteiger charge is -2.06. The van der Waals surface area contributed by atoms with Gasteiger partial charge in [-0.15, -0.1) is 0 Å². The van der Waals surface area contributed by atoms with Gasteiger partial charge in [0, 0.05) is 11.3 Å². The monoisotopic (exact) mass is 312 g/mol. The van der Waals surface area contributed by atoms with Crippen LogP contribution in [0.1, 0.15) is 16.2 Å². The van der Waals surface area contributed by atoms with E-state index in [1.54, 1.807) is 6.92 Å². The van der Waals surface area contributed by atoms with Gasteiger partial charge in [0.25, 0.3) is 0 Å². The number of benzene rings is 1. The first-order valence-corrected chi connectivity index (χ1v) is 5.77. The van der Waals surface area contributed by atoms with Crippen molar-refractivity contribution in [1.82, 2.24) is 9.97 Å². The minimum absolute atomic E-state index is 0.0649. The Balaban J connectivity index is 2.65. The number of aromatic nitrogens is 2. The SMILES string of the molecule is Cc1cc(C=O)nc(-c2ccc(F)c(F)c2Br)n1. The van der Waals surface area contributed by atoms with Crippen LogP contribution in [0.15, 0.2) is 22.7 Å². The average Bonchev–Trinajstić information content (AvgIpc) is 2.35. The fourth-order valence-electron chi connectivity index (χ4n) is 1.47. The largest absolute Gasteiger partial charge is 0.296 e. The van der Waals surface area contributed by atoms with Crippen LogP contribution in [-0.4, -0.2) is 16.3 Å². The van der Waals surface area contributed by atoms with Crippen LogP contribution in [0.5, 0.6) is 0 Å². The maximum absolute atomic E-state index is 13.4. The molecule has 0 amide bonds. The number of carbonyl (C=O) groups is 1. The molecule has 6 heteroatoms. The molecule has 2 rings (SSSR count). The van der Waals surface area contributed by atoms with Crippen molar-refractivity contribution in [1.29, 1.82) is 0 Å². The van der Waals surface area contributed by atoms with E-state index in [0.29, 0.717) is 17.5 Å². The molecule has 1 aromatic carbocycles. The first kappa shape index (κ1) is 12.8. The smallest absolute Gasteiger partial charge is 0.173 e. The predicted octanol–water partition coefficient (Wildman–Crippen LogP) is 3.31. The van der Waals surface area contributed by atoms with Gasteiger partial charge in [0.05, 0.1) is 4.47 Å². The van der Waals surface area contributed by atoms with Gasteiger partial charge in [-0.3, -0.25) is 4.79 Å². The summed E-state index contributed by atoms with van der Waals surface area (Å²) >= 11 is 2.96. The Kier molecular flexibility index (Phi) is 3.47. The third-order valence-corrected chi connectivity index (χ3v) is 3.05. The van der Waals surface area contributed by atoms with Crippen molar-refractivity contribution in [2.75, 3.05) is 0 Å². The van der Waals surface area contributed by atoms with Crippen molar-refractivity contribution in [3.8, 4) is 11.4 Å². The van der Waals surface area contributed by atoms with Gasteiger partial charge >= 0.3 is 0 Å². The van der Waals surface area contributed by atoms with E-state index in [1.165, 1.54) is 12.1 Å². The number of hydrogen-bond acceptors (Lipinski definition) is 3. The zero-order valence-corrected chi connectivity index (χ0v) is 10.8. The summed E-state index contributed by atoms with van der Waals surface area (Å²) in [7, 11) is 0. The van der Waals surface area contributed by atoms with Gasteiger partial charge in [-0.2, -0.15) is 0 Å². The molecule has 0 saturated heterocycles. The number of aldehydes is 1. The topological polar surface area (TPSA) is 42.9 Å². The van der Waals surface area contributed by atoms with Crippen molar-refractivity contribution in [2.24, 2.45) is 0 Å². The van der Waals surface area contributed by atoms with Gasteiger partial charge in [0.15, 0.2) is 23.7 Å². The van der Waals surface area contributed by atoms with E-state index >= 15 is 0 Å². The lowest BCUT2D eigenvalue weighted by atomic mass is 10.2. The number of hydrogen-bond donors (Lipinski definition) is 0. The van der Waals surface area contributed by atoms with Gasteiger partial charge in [-0.05, 0) is 41.1 Å². The molecular formula is C12H7BrF2N2O. The molecule has 1 aromatic heterocycles. The summed E-state index contributed by atoms with van der Waals surface area (Å²) < 4.78 is 26.3. The fraction of sp³-hybridized carbons (Fsp3) is 0.0833. The van der Waals surface area contributed by atoms with Crippen LogP contribution >= 0.6 is 15.9 Å². The molecule has 0 aliphatic carbocycles. The number of halogens is 3. The van der Waals surface area contributed by atoms with Crippen LogP contribution in [0.3, 0.4) is 0 Å². The summed E-state index contributed by atoms with van der Waals surface area (Å²) in [6.07, 6.45) is 0.575. The maximum Gasteiger partial charge on any atom is 0.173 e. The summed E-state index contributed by atoms with van der Waals surface area (Å²) in [5.41, 5.74) is 1.05. The summed E-state index contributed by atoms with van der Waals surface area (Å²) in [6, 6.07) is 3.85. The van der Waals surface area contributed by atoms with Crippen LogP contribution in [0.2, 0.25) is 0 Å². The molecule has 2 aromatic rings. The molecule has 0 aliphatic heterocycles. The number of nitrogens with zero attached hydrogens (tertiary/aromatic N) is 2. The Morgan fingerprint density at radius 1 is 1.28 bits per heavy atom. The molecule has 0 fully saturated rings. The highest BCUT2D eigenvalue weighted by Crippen LogP contribution is 2.29. The zero-order chi connectivity index (χ0) is 13.3. The van der Waals surface area contributed by atoms with Gasteiger partial charge in [0.1, 0.15) is 5.69 Å². The van der Waals surface area contributed by atoms with Crippen LogP contribution in [0, 0.1) is 18.6 Å². The third-order valence-electron chi connectivity index (χ3n) is 2.27. The summed E-state index contributed by atoms with van der Waals surface area (Å²) in [5.74, 6) is -1.80. The standard InChI is InChI=1S/C12H7BrF2N2O/c1-6-4-7(5-18)17-12(16-6)8-2-3-9(14)11(15)10(8)13/h2-5H,1H3. The lowest BCUT2D eigenvalue weighted by Crippen LogP contribution is -1.99. The van der Waals surface area contributed by atoms with E-state index in [2.05, 4.69) is 25.9 Å². The Morgan fingerprint density at radius 3 is 2.67 bits per heavy atom. The third kappa shape index (κ3) is 2.28. The van der Waals surface area contributed by atoms with E-state index in [9.17, 15) is 13.6 Å². The zero-order valence-electron chi connectivity index (χ0n) is 9.25. The second-order valence-electron chi connectivity index (χ2n) is 3.60. The minimum Gasteiger partial charge on any atom is -0.296 e. The van der Waals surface area contributed by atoms with Crippen LogP contribution < -0.4 is 0 Å². The van der Waals surface area contributed by atoms with E-state index in [1.807, 2.05) is 0 Å². The van der Waals surface area contributed by atoms with E-state index in [-0.39, 0.29) is 16.0 Å². The second kappa shape index (κ2) is 4.89. The van der Waals surface area contributed by atoms with Gasteiger partial charge in [-0.1, -0.05) is 0 Å². The molecule has 0 bridgehead atoms. The molecule has 92 valence electrons. The highest BCUT2D eigenvalue weighted by Gasteiger charge is 2.15. The lowest BCUT2D eigenvalue weighted by molar-refractivity contribution is 0.111. The number of carbonyl (C=O) groups excluding carboxylic acids is 1. The van der Waals surface area contributed by atoms with E-state index < -0.39 is 11.6 Å². The summed E-state index contributed by atoms with van der Waals surface area (Å²) in [4.78, 5) is 18.8. The summed E-state index contributed by atoms with van der Waals surface area (Å²) in [6.45, 7) is 1.69. The van der Waals surface area contributed by atoms with Crippen LogP contribution in [0.4, 0.5) is 8.78 Å². The Labute approximate surface area is 110 Å². The minimum atomic E-state index is -1.01. The van der Waals surface area contributed by atoms with Crippen molar-refractivity contribution in [3.05, 3.63) is 45.7 Å². The molecule has 0 aliphatic rings. The molecule has 3 nitrogen and oxygen atoms in total. The quantitative estimate of drug-likeness (QED) is 0.631. The average molecular weight is 313 g/mol. The Bertz CT molecular complexity index is 632. The van der Waals surface area contributed by atoms with Crippen LogP contribution in [0.25, 0.3) is 11.4 Å². The molecule has 0 N–H and O–H groups in total.